The lowest BCUT2D eigenvalue weighted by Crippen LogP contribution is -2.11. The van der Waals surface area contributed by atoms with Crippen LogP contribution in [-0.2, 0) is 4.79 Å². The molecule has 0 aromatic heterocycles. The minimum Gasteiger partial charge on any atom is -0.345 e. The van der Waals surface area contributed by atoms with Crippen LogP contribution in [0.25, 0.3) is 0 Å². The Morgan fingerprint density at radius 1 is 1.09 bits per heavy atom. The Kier molecular flexibility index (Phi) is 6.69. The molecule has 1 amide bonds. The van der Waals surface area contributed by atoms with Gasteiger partial charge < -0.3 is 10.6 Å². The maximum atomic E-state index is 11.7. The Balaban J connectivity index is 2.88. The van der Waals surface area contributed by atoms with E-state index in [1.165, 1.54) is 0 Å². The number of benzene rings is 1. The van der Waals surface area contributed by atoms with Crippen molar-refractivity contribution in [3.63, 3.8) is 0 Å². The summed E-state index contributed by atoms with van der Waals surface area (Å²) in [6, 6.07) is 11.8. The number of anilines is 2. The molecule has 0 spiro atoms. The lowest BCUT2D eigenvalue weighted by atomic mass is 10.2. The highest BCUT2D eigenvalue weighted by atomic mass is 16.1. The maximum absolute atomic E-state index is 11.7. The molecule has 0 saturated carbocycles. The van der Waals surface area contributed by atoms with Crippen molar-refractivity contribution in [2.45, 2.75) is 26.2 Å². The number of nitrogens with one attached hydrogen (secondary N) is 2. The standard InChI is InChI=1S/C16H15N5O/c1-2-3-7-16(22)21-14-6-4-5-13(8-14)20-15(11-19)12(9-17)10-18/h4-6,8,20H,2-3,7H2,1H3,(H,21,22). The first-order valence-electron chi connectivity index (χ1n) is 6.76. The highest BCUT2D eigenvalue weighted by Crippen LogP contribution is 2.18. The minimum absolute atomic E-state index is 0.0789. The van der Waals surface area contributed by atoms with Crippen LogP contribution in [0.2, 0.25) is 0 Å². The number of nitriles is 3. The van der Waals surface area contributed by atoms with E-state index in [0.717, 1.165) is 12.8 Å². The van der Waals surface area contributed by atoms with Gasteiger partial charge in [0.05, 0.1) is 0 Å². The second-order valence-corrected chi connectivity index (χ2v) is 4.44. The second kappa shape index (κ2) is 8.79. The van der Waals surface area contributed by atoms with Crippen LogP contribution >= 0.6 is 0 Å². The predicted molar refractivity (Wildman–Crippen MR) is 82.1 cm³/mol. The number of hydrogen-bond donors (Lipinski definition) is 2. The Labute approximate surface area is 129 Å². The quantitative estimate of drug-likeness (QED) is 0.783. The zero-order chi connectivity index (χ0) is 16.4. The first kappa shape index (κ1) is 16.8. The largest absolute Gasteiger partial charge is 0.345 e. The van der Waals surface area contributed by atoms with Crippen LogP contribution in [0.5, 0.6) is 0 Å². The fourth-order valence-corrected chi connectivity index (χ4v) is 1.66. The highest BCUT2D eigenvalue weighted by Gasteiger charge is 2.07. The third-order valence-corrected chi connectivity index (χ3v) is 2.76. The van der Waals surface area contributed by atoms with E-state index < -0.39 is 0 Å². The third-order valence-electron chi connectivity index (χ3n) is 2.76. The molecule has 2 N–H and O–H groups in total. The smallest absolute Gasteiger partial charge is 0.224 e. The summed E-state index contributed by atoms with van der Waals surface area (Å²) in [6.07, 6.45) is 2.21. The predicted octanol–water partition coefficient (Wildman–Crippen LogP) is 3.05. The molecular formula is C16H15N5O. The fourth-order valence-electron chi connectivity index (χ4n) is 1.66. The zero-order valence-electron chi connectivity index (χ0n) is 12.2. The number of nitrogens with zero attached hydrogens (tertiary/aromatic N) is 3. The van der Waals surface area contributed by atoms with E-state index in [0.29, 0.717) is 17.8 Å². The number of unbranched alkanes of at least 4 members (excludes halogenated alkanes) is 1. The Hall–Kier alpha value is -3.30. The van der Waals surface area contributed by atoms with Gasteiger partial charge in [-0.15, -0.1) is 0 Å². The number of allylic oxidation sites excluding steroid dienone is 2. The van der Waals surface area contributed by atoms with Gasteiger partial charge in [-0.2, -0.15) is 15.8 Å². The van der Waals surface area contributed by atoms with Crippen LogP contribution in [0, 0.1) is 34.0 Å². The summed E-state index contributed by atoms with van der Waals surface area (Å²) in [5.74, 6) is -0.0789. The molecule has 1 aromatic carbocycles. The van der Waals surface area contributed by atoms with Gasteiger partial charge in [0, 0.05) is 17.8 Å². The number of amides is 1. The summed E-state index contributed by atoms with van der Waals surface area (Å²) < 4.78 is 0. The van der Waals surface area contributed by atoms with Crippen molar-refractivity contribution in [1.82, 2.24) is 0 Å². The average Bonchev–Trinajstić information content (AvgIpc) is 2.53. The first-order valence-corrected chi connectivity index (χ1v) is 6.76. The molecule has 6 heteroatoms. The lowest BCUT2D eigenvalue weighted by Gasteiger charge is -2.08. The highest BCUT2D eigenvalue weighted by molar-refractivity contribution is 5.91. The molecule has 0 fully saturated rings. The normalized spacial score (nSPS) is 8.82. The van der Waals surface area contributed by atoms with Gasteiger partial charge in [0.1, 0.15) is 23.9 Å². The summed E-state index contributed by atoms with van der Waals surface area (Å²) in [4.78, 5) is 11.7. The summed E-state index contributed by atoms with van der Waals surface area (Å²) in [5, 5.41) is 32.0. The van der Waals surface area contributed by atoms with Crippen LogP contribution in [0.3, 0.4) is 0 Å². The SMILES string of the molecule is CCCCC(=O)Nc1cccc(NC(C#N)=C(C#N)C#N)c1. The maximum Gasteiger partial charge on any atom is 0.224 e. The Bertz CT molecular complexity index is 684. The molecule has 0 aliphatic carbocycles. The van der Waals surface area contributed by atoms with Gasteiger partial charge in [0.15, 0.2) is 5.57 Å². The van der Waals surface area contributed by atoms with Gasteiger partial charge in [0.25, 0.3) is 0 Å². The molecule has 0 unspecified atom stereocenters. The van der Waals surface area contributed by atoms with E-state index in [2.05, 4.69) is 10.6 Å². The second-order valence-electron chi connectivity index (χ2n) is 4.44. The van der Waals surface area contributed by atoms with E-state index in [4.69, 9.17) is 15.8 Å². The van der Waals surface area contributed by atoms with E-state index in [9.17, 15) is 4.79 Å². The topological polar surface area (TPSA) is 112 Å². The van der Waals surface area contributed by atoms with Crippen molar-refractivity contribution in [2.24, 2.45) is 0 Å². The van der Waals surface area contributed by atoms with Crippen molar-refractivity contribution < 1.29 is 4.79 Å². The van der Waals surface area contributed by atoms with Crippen LogP contribution < -0.4 is 10.6 Å². The van der Waals surface area contributed by atoms with Crippen molar-refractivity contribution in [3.05, 3.63) is 35.5 Å². The third kappa shape index (κ3) is 5.00. The molecule has 0 heterocycles. The zero-order valence-corrected chi connectivity index (χ0v) is 12.2. The van der Waals surface area contributed by atoms with Gasteiger partial charge in [-0.25, -0.2) is 0 Å². The van der Waals surface area contributed by atoms with Crippen molar-refractivity contribution in [3.8, 4) is 18.2 Å². The van der Waals surface area contributed by atoms with Gasteiger partial charge >= 0.3 is 0 Å². The van der Waals surface area contributed by atoms with E-state index in [1.54, 1.807) is 42.5 Å². The number of carbonyl (C=O) groups is 1. The van der Waals surface area contributed by atoms with Gasteiger partial charge in [-0.1, -0.05) is 19.4 Å². The molecular weight excluding hydrogens is 278 g/mol. The lowest BCUT2D eigenvalue weighted by molar-refractivity contribution is -0.116. The molecule has 0 bridgehead atoms. The number of carbonyl (C=O) groups excluding carboxylic acids is 1. The molecule has 1 aromatic rings. The fraction of sp³-hybridized carbons (Fsp3) is 0.250. The van der Waals surface area contributed by atoms with Gasteiger partial charge in [-0.05, 0) is 24.6 Å². The van der Waals surface area contributed by atoms with Crippen molar-refractivity contribution in [1.29, 1.82) is 15.8 Å². The number of hydrogen-bond acceptors (Lipinski definition) is 5. The average molecular weight is 293 g/mol. The van der Waals surface area contributed by atoms with Gasteiger partial charge in [0.2, 0.25) is 5.91 Å². The van der Waals surface area contributed by atoms with Crippen molar-refractivity contribution >= 4 is 17.3 Å². The molecule has 6 nitrogen and oxygen atoms in total. The molecule has 0 aliphatic heterocycles. The van der Waals surface area contributed by atoms with E-state index in [-0.39, 0.29) is 17.2 Å². The van der Waals surface area contributed by atoms with Crippen LogP contribution in [0.1, 0.15) is 26.2 Å². The summed E-state index contributed by atoms with van der Waals surface area (Å²) in [7, 11) is 0. The summed E-state index contributed by atoms with van der Waals surface area (Å²) in [6.45, 7) is 2.01. The number of rotatable bonds is 6. The van der Waals surface area contributed by atoms with Gasteiger partial charge in [-0.3, -0.25) is 4.79 Å². The molecule has 22 heavy (non-hydrogen) atoms. The summed E-state index contributed by atoms with van der Waals surface area (Å²) in [5.41, 5.74) is 0.672. The summed E-state index contributed by atoms with van der Waals surface area (Å²) >= 11 is 0. The van der Waals surface area contributed by atoms with E-state index >= 15 is 0 Å². The Morgan fingerprint density at radius 3 is 2.27 bits per heavy atom. The Morgan fingerprint density at radius 2 is 1.73 bits per heavy atom. The van der Waals surface area contributed by atoms with E-state index in [1.807, 2.05) is 6.92 Å². The van der Waals surface area contributed by atoms with Crippen molar-refractivity contribution in [2.75, 3.05) is 10.6 Å². The van der Waals surface area contributed by atoms with Crippen LogP contribution in [0.4, 0.5) is 11.4 Å². The van der Waals surface area contributed by atoms with Crippen LogP contribution in [0.15, 0.2) is 35.5 Å². The van der Waals surface area contributed by atoms with Crippen LogP contribution in [-0.4, -0.2) is 5.91 Å². The monoisotopic (exact) mass is 293 g/mol. The molecule has 0 aliphatic rings. The molecule has 0 radical (unpaired) electrons. The molecule has 1 rings (SSSR count). The molecule has 0 atom stereocenters. The first-order chi connectivity index (χ1) is 10.6. The molecule has 0 saturated heterocycles. The molecule has 110 valence electrons. The minimum atomic E-state index is -0.292.